The van der Waals surface area contributed by atoms with E-state index in [-0.39, 0.29) is 35.5 Å². The largest absolute Gasteiger partial charge is 0.481 e. The van der Waals surface area contributed by atoms with Crippen LogP contribution < -0.4 is 0 Å². The number of rotatable bonds is 15. The van der Waals surface area contributed by atoms with E-state index >= 15 is 0 Å². The lowest BCUT2D eigenvalue weighted by Crippen LogP contribution is -2.31. The minimum Gasteiger partial charge on any atom is -0.481 e. The number of carboxylic acid groups (broad SMARTS) is 2. The first-order chi connectivity index (χ1) is 19.3. The van der Waals surface area contributed by atoms with Crippen LogP contribution in [0, 0.1) is 22.7 Å². The lowest BCUT2D eigenvalue weighted by atomic mass is 9.69. The predicted molar refractivity (Wildman–Crippen MR) is 161 cm³/mol. The summed E-state index contributed by atoms with van der Waals surface area (Å²) in [5, 5.41) is 18.5. The predicted octanol–water partition coefficient (Wildman–Crippen LogP) is 8.32. The highest BCUT2D eigenvalue weighted by molar-refractivity contribution is 5.92. The Morgan fingerprint density at radius 3 is 1.63 bits per heavy atom. The molecule has 2 saturated carbocycles. The van der Waals surface area contributed by atoms with E-state index in [1.165, 1.54) is 0 Å². The fourth-order valence-electron chi connectivity index (χ4n) is 7.17. The molecule has 0 heterocycles. The van der Waals surface area contributed by atoms with Crippen LogP contribution in [0.1, 0.15) is 147 Å². The fraction of sp³-hybridized carbons (Fsp3) is 0.714. The molecule has 1 aromatic carbocycles. The van der Waals surface area contributed by atoms with Crippen molar-refractivity contribution in [1.29, 1.82) is 0 Å². The van der Waals surface area contributed by atoms with Crippen molar-refractivity contribution in [2.75, 3.05) is 0 Å². The third-order valence-electron chi connectivity index (χ3n) is 9.80. The minimum atomic E-state index is -0.776. The van der Waals surface area contributed by atoms with Crippen LogP contribution in [0.3, 0.4) is 0 Å². The van der Waals surface area contributed by atoms with Gasteiger partial charge in [-0.25, -0.2) is 0 Å². The molecule has 0 bridgehead atoms. The monoisotopic (exact) mass is 568 g/mol. The van der Waals surface area contributed by atoms with Gasteiger partial charge in [-0.15, -0.1) is 0 Å². The first kappa shape index (κ1) is 33.0. The van der Waals surface area contributed by atoms with Crippen molar-refractivity contribution in [2.45, 2.75) is 136 Å². The zero-order chi connectivity index (χ0) is 30.2. The molecule has 0 spiro atoms. The molecule has 2 fully saturated rings. The molecule has 0 radical (unpaired) electrons. The van der Waals surface area contributed by atoms with Crippen molar-refractivity contribution in [3.63, 3.8) is 0 Å². The van der Waals surface area contributed by atoms with E-state index in [1.807, 2.05) is 26.0 Å². The van der Waals surface area contributed by atoms with Crippen LogP contribution >= 0.6 is 0 Å². The van der Waals surface area contributed by atoms with Gasteiger partial charge in [-0.2, -0.15) is 0 Å². The quantitative estimate of drug-likeness (QED) is 0.206. The van der Waals surface area contributed by atoms with Crippen molar-refractivity contribution in [3.05, 3.63) is 35.4 Å². The van der Waals surface area contributed by atoms with Crippen molar-refractivity contribution in [3.8, 4) is 0 Å². The Morgan fingerprint density at radius 2 is 1.20 bits per heavy atom. The number of hydrogen-bond donors (Lipinski definition) is 2. The molecule has 1 aromatic rings. The molecule has 0 aromatic heterocycles. The average Bonchev–Trinajstić information content (AvgIpc) is 2.90. The molecule has 0 saturated heterocycles. The van der Waals surface area contributed by atoms with Crippen LogP contribution in [0.5, 0.6) is 0 Å². The van der Waals surface area contributed by atoms with Crippen LogP contribution in [0.2, 0.25) is 0 Å². The highest BCUT2D eigenvalue weighted by atomic mass is 16.4. The molecule has 4 unspecified atom stereocenters. The summed E-state index contributed by atoms with van der Waals surface area (Å²) >= 11 is 0. The number of Topliss-reactive ketones (excluding diaryl/α,β-unsaturated/α-hetero) is 2. The van der Waals surface area contributed by atoms with Gasteiger partial charge in [0, 0.05) is 23.7 Å². The second-order valence-corrected chi connectivity index (χ2v) is 14.2. The maximum absolute atomic E-state index is 13.7. The Labute approximate surface area is 246 Å². The van der Waals surface area contributed by atoms with E-state index in [0.717, 1.165) is 94.6 Å². The van der Waals surface area contributed by atoms with Crippen LogP contribution in [0.25, 0.3) is 0 Å². The normalized spacial score (nSPS) is 23.9. The molecule has 0 amide bonds. The summed E-state index contributed by atoms with van der Waals surface area (Å²) < 4.78 is 0. The highest BCUT2D eigenvalue weighted by Crippen LogP contribution is 2.43. The van der Waals surface area contributed by atoms with E-state index in [4.69, 9.17) is 5.11 Å². The van der Waals surface area contributed by atoms with Crippen molar-refractivity contribution in [2.24, 2.45) is 22.7 Å². The summed E-state index contributed by atoms with van der Waals surface area (Å²) in [7, 11) is 0. The van der Waals surface area contributed by atoms with Gasteiger partial charge in [0.2, 0.25) is 0 Å². The molecule has 6 heteroatoms. The molecule has 228 valence electrons. The third kappa shape index (κ3) is 9.24. The van der Waals surface area contributed by atoms with Crippen LogP contribution in [0.15, 0.2) is 24.3 Å². The zero-order valence-electron chi connectivity index (χ0n) is 25.8. The molecular weight excluding hydrogens is 516 g/mol. The van der Waals surface area contributed by atoms with Gasteiger partial charge in [0.05, 0.1) is 11.8 Å². The number of benzene rings is 1. The van der Waals surface area contributed by atoms with Gasteiger partial charge in [-0.05, 0) is 81.8 Å². The van der Waals surface area contributed by atoms with Gasteiger partial charge in [0.15, 0.2) is 0 Å². The second-order valence-electron chi connectivity index (χ2n) is 14.2. The smallest absolute Gasteiger partial charge is 0.309 e. The zero-order valence-corrected chi connectivity index (χ0v) is 25.8. The molecule has 0 aliphatic heterocycles. The maximum atomic E-state index is 13.7. The topological polar surface area (TPSA) is 109 Å². The molecule has 2 aliphatic carbocycles. The number of unbranched alkanes of at least 4 members (excludes halogenated alkanes) is 2. The fourth-order valence-corrected chi connectivity index (χ4v) is 7.17. The minimum absolute atomic E-state index is 0.00919. The van der Waals surface area contributed by atoms with Gasteiger partial charge in [-0.3, -0.25) is 19.2 Å². The van der Waals surface area contributed by atoms with Crippen LogP contribution in [-0.2, 0) is 19.2 Å². The molecule has 3 rings (SSSR count). The van der Waals surface area contributed by atoms with Crippen LogP contribution in [-0.4, -0.2) is 33.7 Å². The summed E-state index contributed by atoms with van der Waals surface area (Å²) in [5.41, 5.74) is 1.12. The first-order valence-corrected chi connectivity index (χ1v) is 15.9. The number of ketones is 2. The van der Waals surface area contributed by atoms with E-state index in [9.17, 15) is 24.3 Å². The van der Waals surface area contributed by atoms with E-state index in [0.29, 0.717) is 18.0 Å². The SMILES string of the molecule is CC(C)(CCCCC1CCCC(c2ccccc2C2CCCC(CCCCC(C)(C)C(=O)O)C2=O)C1=O)CC(=O)O. The molecule has 6 nitrogen and oxygen atoms in total. The Balaban J connectivity index is 1.61. The Kier molecular flexibility index (Phi) is 11.8. The molecular formula is C35H52O6. The number of hydrogen-bond acceptors (Lipinski definition) is 4. The summed E-state index contributed by atoms with van der Waals surface area (Å²) in [6, 6.07) is 8.12. The molecule has 4 atom stereocenters. The van der Waals surface area contributed by atoms with Crippen molar-refractivity contribution in [1.82, 2.24) is 0 Å². The number of aliphatic carboxylic acids is 2. The lowest BCUT2D eigenvalue weighted by molar-refractivity contribution is -0.147. The highest BCUT2D eigenvalue weighted by Gasteiger charge is 2.38. The average molecular weight is 569 g/mol. The Bertz CT molecular complexity index is 1070. The van der Waals surface area contributed by atoms with E-state index in [2.05, 4.69) is 12.1 Å². The van der Waals surface area contributed by atoms with Gasteiger partial charge in [0.1, 0.15) is 11.6 Å². The van der Waals surface area contributed by atoms with Crippen molar-refractivity contribution < 1.29 is 29.4 Å². The summed E-state index contributed by atoms with van der Waals surface area (Å²) in [5.74, 6) is -1.20. The second kappa shape index (κ2) is 14.6. The first-order valence-electron chi connectivity index (χ1n) is 15.9. The Hall–Kier alpha value is -2.50. The standard InChI is InChI=1S/C35H52O6/c1-34(2,23-30(36)37)21-9-7-13-24-15-11-19-28(31(24)38)26-17-5-6-18-27(26)29-20-12-16-25(32(29)39)14-8-10-22-35(3,4)33(40)41/h5-6,17-18,24-25,28-29H,7-16,19-23H2,1-4H3,(H,36,37)(H,40,41). The van der Waals surface area contributed by atoms with E-state index in [1.54, 1.807) is 13.8 Å². The molecule has 41 heavy (non-hydrogen) atoms. The summed E-state index contributed by atoms with van der Waals surface area (Å²) in [6.45, 7) is 7.51. The maximum Gasteiger partial charge on any atom is 0.309 e. The summed E-state index contributed by atoms with van der Waals surface area (Å²) in [6.07, 6.45) is 12.3. The molecule has 2 aliphatic rings. The lowest BCUT2D eigenvalue weighted by Gasteiger charge is -2.33. The Morgan fingerprint density at radius 1 is 0.732 bits per heavy atom. The van der Waals surface area contributed by atoms with E-state index < -0.39 is 17.4 Å². The van der Waals surface area contributed by atoms with Crippen molar-refractivity contribution >= 4 is 23.5 Å². The number of carbonyl (C=O) groups is 4. The van der Waals surface area contributed by atoms with Crippen LogP contribution in [0.4, 0.5) is 0 Å². The third-order valence-corrected chi connectivity index (χ3v) is 9.80. The van der Waals surface area contributed by atoms with Gasteiger partial charge in [0.25, 0.3) is 0 Å². The summed E-state index contributed by atoms with van der Waals surface area (Å²) in [4.78, 5) is 50.0. The van der Waals surface area contributed by atoms with Gasteiger partial charge >= 0.3 is 11.9 Å². The number of carboxylic acids is 2. The van der Waals surface area contributed by atoms with Gasteiger partial charge < -0.3 is 10.2 Å². The molecule has 2 N–H and O–H groups in total. The number of carbonyl (C=O) groups excluding carboxylic acids is 2. The van der Waals surface area contributed by atoms with Gasteiger partial charge in [-0.1, -0.05) is 76.6 Å².